The van der Waals surface area contributed by atoms with E-state index in [9.17, 15) is 4.79 Å². The summed E-state index contributed by atoms with van der Waals surface area (Å²) in [4.78, 5) is 12.1. The molecule has 20 heavy (non-hydrogen) atoms. The maximum Gasteiger partial charge on any atom is 0.271 e. The fourth-order valence-corrected chi connectivity index (χ4v) is 3.22. The third kappa shape index (κ3) is 3.69. The molecule has 1 atom stereocenters. The van der Waals surface area contributed by atoms with E-state index in [0.29, 0.717) is 11.5 Å². The average Bonchev–Trinajstić information content (AvgIpc) is 2.34. The molecule has 1 aliphatic carbocycles. The Hall–Kier alpha value is -1.64. The minimum atomic E-state index is -0.119. The molecule has 2 rings (SSSR count). The maximum absolute atomic E-state index is 12.1. The van der Waals surface area contributed by atoms with E-state index in [0.717, 1.165) is 24.1 Å². The van der Waals surface area contributed by atoms with Crippen LogP contribution in [0.25, 0.3) is 0 Å². The molecule has 1 aromatic rings. The highest BCUT2D eigenvalue weighted by Gasteiger charge is 2.29. The van der Waals surface area contributed by atoms with Gasteiger partial charge in [0.05, 0.1) is 0 Å². The summed E-state index contributed by atoms with van der Waals surface area (Å²) in [6, 6.07) is 7.58. The van der Waals surface area contributed by atoms with Crippen molar-refractivity contribution in [2.75, 3.05) is 0 Å². The van der Waals surface area contributed by atoms with Crippen LogP contribution in [0.2, 0.25) is 0 Å². The van der Waals surface area contributed by atoms with Gasteiger partial charge >= 0.3 is 0 Å². The molecule has 0 unspecified atom stereocenters. The highest BCUT2D eigenvalue weighted by atomic mass is 16.2. The lowest BCUT2D eigenvalue weighted by Gasteiger charge is -2.34. The van der Waals surface area contributed by atoms with Crippen LogP contribution in [-0.2, 0) is 0 Å². The second-order valence-electron chi connectivity index (χ2n) is 6.79. The highest BCUT2D eigenvalue weighted by Crippen LogP contribution is 2.36. The van der Waals surface area contributed by atoms with Crippen LogP contribution < -0.4 is 5.43 Å². The summed E-state index contributed by atoms with van der Waals surface area (Å²) in [6.45, 7) is 8.72. The first-order valence-electron chi connectivity index (χ1n) is 7.29. The summed E-state index contributed by atoms with van der Waals surface area (Å²) in [6.07, 6.45) is 3.17. The molecule has 0 heterocycles. The summed E-state index contributed by atoms with van der Waals surface area (Å²) < 4.78 is 0. The molecule has 0 bridgehead atoms. The van der Waals surface area contributed by atoms with Crippen LogP contribution in [0.15, 0.2) is 29.4 Å². The first kappa shape index (κ1) is 14.8. The Labute approximate surface area is 121 Å². The fourth-order valence-electron chi connectivity index (χ4n) is 3.22. The third-order valence-corrected chi connectivity index (χ3v) is 3.87. The number of aryl methyl sites for hydroxylation is 1. The van der Waals surface area contributed by atoms with Gasteiger partial charge in [-0.3, -0.25) is 4.79 Å². The summed E-state index contributed by atoms with van der Waals surface area (Å²) in [7, 11) is 0. The van der Waals surface area contributed by atoms with Crippen LogP contribution in [0, 0.1) is 18.3 Å². The fraction of sp³-hybridized carbons (Fsp3) is 0.529. The van der Waals surface area contributed by atoms with Gasteiger partial charge in [0.15, 0.2) is 0 Å². The van der Waals surface area contributed by atoms with Crippen LogP contribution in [-0.4, -0.2) is 11.6 Å². The molecule has 1 saturated carbocycles. The highest BCUT2D eigenvalue weighted by molar-refractivity contribution is 5.96. The Bertz CT molecular complexity index is 532. The predicted molar refractivity (Wildman–Crippen MR) is 82.9 cm³/mol. The van der Waals surface area contributed by atoms with E-state index < -0.39 is 0 Å². The van der Waals surface area contributed by atoms with Crippen molar-refractivity contribution in [1.82, 2.24) is 5.43 Å². The number of hydrazone groups is 1. The molecule has 0 aliphatic heterocycles. The Morgan fingerprint density at radius 2 is 2.05 bits per heavy atom. The minimum Gasteiger partial charge on any atom is -0.267 e. The molecule has 1 amide bonds. The quantitative estimate of drug-likeness (QED) is 0.814. The van der Waals surface area contributed by atoms with Crippen molar-refractivity contribution in [3.05, 3.63) is 35.4 Å². The van der Waals surface area contributed by atoms with Crippen LogP contribution in [0.5, 0.6) is 0 Å². The van der Waals surface area contributed by atoms with Crippen LogP contribution in [0.4, 0.5) is 0 Å². The predicted octanol–water partition coefficient (Wildman–Crippen LogP) is 3.93. The molecule has 0 saturated heterocycles. The van der Waals surface area contributed by atoms with Gasteiger partial charge in [-0.25, -0.2) is 5.43 Å². The van der Waals surface area contributed by atoms with E-state index in [1.165, 1.54) is 6.42 Å². The average molecular weight is 272 g/mol. The van der Waals surface area contributed by atoms with Gasteiger partial charge in [-0.15, -0.1) is 0 Å². The summed E-state index contributed by atoms with van der Waals surface area (Å²) in [5.41, 5.74) is 5.77. The van der Waals surface area contributed by atoms with E-state index in [1.54, 1.807) is 0 Å². The zero-order valence-electron chi connectivity index (χ0n) is 12.9. The molecule has 1 aromatic carbocycles. The van der Waals surface area contributed by atoms with Gasteiger partial charge in [0.2, 0.25) is 0 Å². The van der Waals surface area contributed by atoms with Gasteiger partial charge in [0.1, 0.15) is 0 Å². The number of amides is 1. The second kappa shape index (κ2) is 5.78. The van der Waals surface area contributed by atoms with Crippen molar-refractivity contribution in [3.63, 3.8) is 0 Å². The smallest absolute Gasteiger partial charge is 0.267 e. The van der Waals surface area contributed by atoms with Gasteiger partial charge in [-0.1, -0.05) is 39.0 Å². The molecule has 1 fully saturated rings. The number of carbonyl (C=O) groups is 1. The van der Waals surface area contributed by atoms with Crippen LogP contribution in [0.3, 0.4) is 0 Å². The number of nitrogens with zero attached hydrogens (tertiary/aromatic N) is 1. The number of carbonyl (C=O) groups excluding carboxylic acids is 1. The molecule has 0 aromatic heterocycles. The van der Waals surface area contributed by atoms with Gasteiger partial charge in [-0.2, -0.15) is 5.10 Å². The van der Waals surface area contributed by atoms with Crippen molar-refractivity contribution in [3.8, 4) is 0 Å². The molecule has 0 spiro atoms. The van der Waals surface area contributed by atoms with Gasteiger partial charge in [0.25, 0.3) is 5.91 Å². The molecular weight excluding hydrogens is 248 g/mol. The molecule has 3 heteroatoms. The third-order valence-electron chi connectivity index (χ3n) is 3.87. The second-order valence-corrected chi connectivity index (χ2v) is 6.79. The van der Waals surface area contributed by atoms with Crippen molar-refractivity contribution < 1.29 is 4.79 Å². The lowest BCUT2D eigenvalue weighted by atomic mass is 9.72. The number of rotatable bonds is 2. The first-order chi connectivity index (χ1) is 9.37. The molecule has 3 nitrogen and oxygen atoms in total. The molecule has 1 N–H and O–H groups in total. The monoisotopic (exact) mass is 272 g/mol. The zero-order chi connectivity index (χ0) is 14.8. The molecule has 1 aliphatic rings. The standard InChI is InChI=1S/C17H24N2O/c1-12-9-14(11-17(3,4)10-12)18-19-16(20)15-8-6-5-7-13(15)2/h5-8,12H,9-11H2,1-4H3,(H,19,20)/b18-14-/t12-/m0/s1. The van der Waals surface area contributed by atoms with E-state index in [-0.39, 0.29) is 11.3 Å². The lowest BCUT2D eigenvalue weighted by molar-refractivity contribution is 0.0953. The van der Waals surface area contributed by atoms with Crippen molar-refractivity contribution >= 4 is 11.6 Å². The SMILES string of the molecule is Cc1ccccc1C(=O)N/N=C1/C[C@H](C)CC(C)(C)C1. The topological polar surface area (TPSA) is 41.5 Å². The van der Waals surface area contributed by atoms with Gasteiger partial charge < -0.3 is 0 Å². The van der Waals surface area contributed by atoms with Gasteiger partial charge in [0, 0.05) is 11.3 Å². The van der Waals surface area contributed by atoms with Crippen molar-refractivity contribution in [2.24, 2.45) is 16.4 Å². The number of benzene rings is 1. The summed E-state index contributed by atoms with van der Waals surface area (Å²) >= 11 is 0. The maximum atomic E-state index is 12.1. The number of hydrogen-bond donors (Lipinski definition) is 1. The Balaban J connectivity index is 2.06. The zero-order valence-corrected chi connectivity index (χ0v) is 12.9. The molecule has 0 radical (unpaired) electrons. The number of nitrogens with one attached hydrogen (secondary N) is 1. The summed E-state index contributed by atoms with van der Waals surface area (Å²) in [5, 5.41) is 4.36. The Morgan fingerprint density at radius 1 is 1.35 bits per heavy atom. The van der Waals surface area contributed by atoms with Crippen molar-refractivity contribution in [2.45, 2.75) is 47.0 Å². The number of hydrogen-bond acceptors (Lipinski definition) is 2. The van der Waals surface area contributed by atoms with E-state index in [1.807, 2.05) is 31.2 Å². The van der Waals surface area contributed by atoms with Crippen LogP contribution >= 0.6 is 0 Å². The first-order valence-corrected chi connectivity index (χ1v) is 7.29. The Morgan fingerprint density at radius 3 is 2.70 bits per heavy atom. The van der Waals surface area contributed by atoms with E-state index in [4.69, 9.17) is 0 Å². The van der Waals surface area contributed by atoms with E-state index >= 15 is 0 Å². The largest absolute Gasteiger partial charge is 0.271 e. The summed E-state index contributed by atoms with van der Waals surface area (Å²) in [5.74, 6) is 0.513. The van der Waals surface area contributed by atoms with Gasteiger partial charge in [-0.05, 0) is 49.1 Å². The molecular formula is C17H24N2O. The van der Waals surface area contributed by atoms with Crippen molar-refractivity contribution in [1.29, 1.82) is 0 Å². The molecule has 108 valence electrons. The lowest BCUT2D eigenvalue weighted by Crippen LogP contribution is -2.30. The van der Waals surface area contributed by atoms with E-state index in [2.05, 4.69) is 31.3 Å². The normalized spacial score (nSPS) is 23.6. The Kier molecular flexibility index (Phi) is 4.26. The minimum absolute atomic E-state index is 0.119. The van der Waals surface area contributed by atoms with Crippen LogP contribution in [0.1, 0.15) is 56.0 Å².